The number of ether oxygens (including phenoxy) is 1. The third-order valence-corrected chi connectivity index (χ3v) is 4.66. The number of unbranched alkanes of at least 4 members (excludes halogenated alkanes) is 1. The second kappa shape index (κ2) is 6.72. The van der Waals surface area contributed by atoms with Gasteiger partial charge in [0.2, 0.25) is 0 Å². The van der Waals surface area contributed by atoms with Gasteiger partial charge in [0.15, 0.2) is 0 Å². The first-order valence-electron chi connectivity index (χ1n) is 7.41. The molecule has 0 bridgehead atoms. The Balaban J connectivity index is 2.17. The van der Waals surface area contributed by atoms with Gasteiger partial charge in [-0.15, -0.1) is 11.3 Å². The molecule has 1 aromatic carbocycles. The fraction of sp³-hybridized carbons (Fsp3) is 0.235. The Morgan fingerprint density at radius 1 is 1.38 bits per heavy atom. The van der Waals surface area contributed by atoms with E-state index in [0.717, 1.165) is 15.7 Å². The van der Waals surface area contributed by atoms with E-state index in [1.165, 1.54) is 11.3 Å². The summed E-state index contributed by atoms with van der Waals surface area (Å²) in [4.78, 5) is 28.2. The minimum Gasteiger partial charge on any atom is -0.497 e. The van der Waals surface area contributed by atoms with Crippen molar-refractivity contribution in [2.24, 2.45) is 0 Å². The molecule has 0 atom stereocenters. The van der Waals surface area contributed by atoms with E-state index in [0.29, 0.717) is 28.8 Å². The number of hydrogen-bond acceptors (Lipinski definition) is 5. The number of H-pyrrole nitrogens is 1. The summed E-state index contributed by atoms with van der Waals surface area (Å²) >= 11 is 1.33. The van der Waals surface area contributed by atoms with Crippen molar-refractivity contribution in [1.29, 1.82) is 5.26 Å². The topological polar surface area (TPSA) is 87.9 Å². The summed E-state index contributed by atoms with van der Waals surface area (Å²) in [6, 6.07) is 9.46. The quantitative estimate of drug-likeness (QED) is 0.723. The normalized spacial score (nSPS) is 10.7. The highest BCUT2D eigenvalue weighted by molar-refractivity contribution is 7.17. The lowest BCUT2D eigenvalue weighted by Gasteiger charge is -2.06. The van der Waals surface area contributed by atoms with Crippen LogP contribution in [-0.2, 0) is 6.54 Å². The lowest BCUT2D eigenvalue weighted by Crippen LogP contribution is -2.34. The molecule has 0 unspecified atom stereocenters. The zero-order chi connectivity index (χ0) is 17.1. The maximum absolute atomic E-state index is 12.8. The fourth-order valence-electron chi connectivity index (χ4n) is 2.58. The van der Waals surface area contributed by atoms with E-state index < -0.39 is 5.69 Å². The highest BCUT2D eigenvalue weighted by atomic mass is 32.1. The van der Waals surface area contributed by atoms with Crippen LogP contribution in [0.5, 0.6) is 5.75 Å². The van der Waals surface area contributed by atoms with Crippen LogP contribution in [0.3, 0.4) is 0 Å². The van der Waals surface area contributed by atoms with Gasteiger partial charge in [0.05, 0.1) is 18.6 Å². The number of fused-ring (bicyclic) bond motifs is 1. The van der Waals surface area contributed by atoms with Gasteiger partial charge in [-0.2, -0.15) is 5.26 Å². The van der Waals surface area contributed by atoms with Crippen LogP contribution in [0.25, 0.3) is 21.3 Å². The first-order valence-corrected chi connectivity index (χ1v) is 8.29. The molecule has 0 saturated carbocycles. The Labute approximate surface area is 141 Å². The van der Waals surface area contributed by atoms with Crippen molar-refractivity contribution in [2.75, 3.05) is 7.11 Å². The van der Waals surface area contributed by atoms with Gasteiger partial charge in [0.25, 0.3) is 5.56 Å². The van der Waals surface area contributed by atoms with Crippen LogP contribution < -0.4 is 16.0 Å². The second-order valence-electron chi connectivity index (χ2n) is 5.23. The number of aromatic nitrogens is 2. The van der Waals surface area contributed by atoms with Crippen LogP contribution in [0, 0.1) is 11.3 Å². The van der Waals surface area contributed by atoms with Crippen molar-refractivity contribution in [2.45, 2.75) is 19.4 Å². The number of rotatable bonds is 5. The lowest BCUT2D eigenvalue weighted by atomic mass is 10.1. The summed E-state index contributed by atoms with van der Waals surface area (Å²) in [6.45, 7) is 0.227. The predicted molar refractivity (Wildman–Crippen MR) is 93.5 cm³/mol. The zero-order valence-electron chi connectivity index (χ0n) is 13.0. The number of nitrogens with one attached hydrogen (secondary N) is 1. The van der Waals surface area contributed by atoms with Gasteiger partial charge < -0.3 is 4.74 Å². The molecule has 6 nitrogen and oxygen atoms in total. The SMILES string of the molecule is COc1cccc(-c2csc3[nH]c(=O)n(CCCC#N)c(=O)c23)c1. The van der Waals surface area contributed by atoms with Crippen molar-refractivity contribution in [3.05, 3.63) is 50.5 Å². The smallest absolute Gasteiger partial charge is 0.329 e. The van der Waals surface area contributed by atoms with Gasteiger partial charge in [-0.25, -0.2) is 4.79 Å². The molecule has 0 fully saturated rings. The minimum atomic E-state index is -0.440. The van der Waals surface area contributed by atoms with Gasteiger partial charge in [-0.05, 0) is 24.1 Å². The summed E-state index contributed by atoms with van der Waals surface area (Å²) in [5.74, 6) is 0.700. The van der Waals surface area contributed by atoms with Gasteiger partial charge in [-0.1, -0.05) is 12.1 Å². The molecule has 1 N–H and O–H groups in total. The molecule has 3 rings (SSSR count). The van der Waals surface area contributed by atoms with E-state index in [-0.39, 0.29) is 12.1 Å². The molecule has 122 valence electrons. The van der Waals surface area contributed by atoms with Crippen molar-refractivity contribution < 1.29 is 4.74 Å². The summed E-state index contributed by atoms with van der Waals surface area (Å²) < 4.78 is 6.40. The number of methoxy groups -OCH3 is 1. The summed E-state index contributed by atoms with van der Waals surface area (Å²) in [7, 11) is 1.59. The van der Waals surface area contributed by atoms with E-state index in [9.17, 15) is 9.59 Å². The number of benzene rings is 1. The van der Waals surface area contributed by atoms with Crippen LogP contribution in [0.4, 0.5) is 0 Å². The first-order chi connectivity index (χ1) is 11.7. The lowest BCUT2D eigenvalue weighted by molar-refractivity contribution is 0.415. The molecule has 0 amide bonds. The molecule has 0 saturated heterocycles. The fourth-order valence-corrected chi connectivity index (χ4v) is 3.53. The summed E-state index contributed by atoms with van der Waals surface area (Å²) in [5, 5.41) is 11.0. The van der Waals surface area contributed by atoms with Crippen LogP contribution in [0.1, 0.15) is 12.8 Å². The maximum atomic E-state index is 12.8. The maximum Gasteiger partial charge on any atom is 0.329 e. The molecule has 0 spiro atoms. The third-order valence-electron chi connectivity index (χ3n) is 3.77. The van der Waals surface area contributed by atoms with Crippen LogP contribution in [-0.4, -0.2) is 16.7 Å². The van der Waals surface area contributed by atoms with Crippen molar-refractivity contribution in [3.63, 3.8) is 0 Å². The summed E-state index contributed by atoms with van der Waals surface area (Å²) in [6.07, 6.45) is 0.764. The van der Waals surface area contributed by atoms with Crippen LogP contribution >= 0.6 is 11.3 Å². The van der Waals surface area contributed by atoms with Crippen molar-refractivity contribution in [3.8, 4) is 22.9 Å². The van der Waals surface area contributed by atoms with Gasteiger partial charge in [-0.3, -0.25) is 14.3 Å². The Morgan fingerprint density at radius 3 is 2.96 bits per heavy atom. The largest absolute Gasteiger partial charge is 0.497 e. The van der Waals surface area contributed by atoms with E-state index in [1.807, 2.05) is 35.7 Å². The Kier molecular flexibility index (Phi) is 4.49. The molecular weight excluding hydrogens is 326 g/mol. The van der Waals surface area contributed by atoms with E-state index >= 15 is 0 Å². The van der Waals surface area contributed by atoms with E-state index in [2.05, 4.69) is 4.98 Å². The molecular formula is C17H15N3O3S. The molecule has 24 heavy (non-hydrogen) atoms. The van der Waals surface area contributed by atoms with Crippen LogP contribution in [0.15, 0.2) is 39.2 Å². The third kappa shape index (κ3) is 2.84. The Bertz CT molecular complexity index is 1040. The van der Waals surface area contributed by atoms with Gasteiger partial charge in [0.1, 0.15) is 10.6 Å². The highest BCUT2D eigenvalue weighted by Gasteiger charge is 2.15. The zero-order valence-corrected chi connectivity index (χ0v) is 13.9. The molecule has 2 aromatic heterocycles. The van der Waals surface area contributed by atoms with Crippen LogP contribution in [0.2, 0.25) is 0 Å². The number of nitrogens with zero attached hydrogens (tertiary/aromatic N) is 2. The number of thiophene rings is 1. The predicted octanol–water partition coefficient (Wildman–Crippen LogP) is 2.73. The molecule has 0 aliphatic rings. The second-order valence-corrected chi connectivity index (χ2v) is 6.11. The van der Waals surface area contributed by atoms with Gasteiger partial charge in [0, 0.05) is 23.9 Å². The average Bonchev–Trinajstić information content (AvgIpc) is 3.02. The van der Waals surface area contributed by atoms with E-state index in [1.54, 1.807) is 7.11 Å². The molecule has 0 aliphatic heterocycles. The van der Waals surface area contributed by atoms with Crippen molar-refractivity contribution >= 4 is 21.6 Å². The number of nitriles is 1. The molecule has 7 heteroatoms. The summed E-state index contributed by atoms with van der Waals surface area (Å²) in [5.41, 5.74) is 0.854. The highest BCUT2D eigenvalue weighted by Crippen LogP contribution is 2.31. The van der Waals surface area contributed by atoms with Crippen molar-refractivity contribution in [1.82, 2.24) is 9.55 Å². The van der Waals surface area contributed by atoms with E-state index in [4.69, 9.17) is 10.00 Å². The average molecular weight is 341 g/mol. The molecule has 0 aliphatic carbocycles. The standard InChI is InChI=1S/C17H15N3O3S/c1-23-12-6-4-5-11(9-12)13-10-24-15-14(13)16(21)20(17(22)19-15)8-3-2-7-18/h4-6,9-10H,2-3,8H2,1H3,(H,19,22). The number of hydrogen-bond donors (Lipinski definition) is 1. The molecule has 3 aromatic rings. The Hall–Kier alpha value is -2.85. The molecule has 0 radical (unpaired) electrons. The Morgan fingerprint density at radius 2 is 2.21 bits per heavy atom. The minimum absolute atomic E-state index is 0.227. The first kappa shape index (κ1) is 16.0. The molecule has 2 heterocycles. The number of aromatic amines is 1. The van der Waals surface area contributed by atoms with Gasteiger partial charge >= 0.3 is 5.69 Å². The monoisotopic (exact) mass is 341 g/mol.